The lowest BCUT2D eigenvalue weighted by molar-refractivity contribution is 0.0398. The van der Waals surface area contributed by atoms with Crippen molar-refractivity contribution in [3.8, 4) is 0 Å². The first-order chi connectivity index (χ1) is 9.84. The first-order valence-electron chi connectivity index (χ1n) is 7.16. The lowest BCUT2D eigenvalue weighted by atomic mass is 10.1. The van der Waals surface area contributed by atoms with Gasteiger partial charge >= 0.3 is 0 Å². The molecule has 1 heterocycles. The highest BCUT2D eigenvalue weighted by Crippen LogP contribution is 2.29. The SMILES string of the molecule is Nc1ccc2ccccc2c1NCCN1CCOCC1. The predicted molar refractivity (Wildman–Crippen MR) is 84.1 cm³/mol. The van der Waals surface area contributed by atoms with Gasteiger partial charge in [0.25, 0.3) is 0 Å². The van der Waals surface area contributed by atoms with Crippen molar-refractivity contribution < 1.29 is 4.74 Å². The van der Waals surface area contributed by atoms with Crippen molar-refractivity contribution in [3.63, 3.8) is 0 Å². The molecule has 4 nitrogen and oxygen atoms in total. The number of rotatable bonds is 4. The molecule has 0 aliphatic carbocycles. The zero-order valence-corrected chi connectivity index (χ0v) is 11.6. The van der Waals surface area contributed by atoms with Crippen LogP contribution in [0.15, 0.2) is 36.4 Å². The summed E-state index contributed by atoms with van der Waals surface area (Å²) in [4.78, 5) is 2.41. The highest BCUT2D eigenvalue weighted by molar-refractivity contribution is 5.99. The normalized spacial score (nSPS) is 16.4. The predicted octanol–water partition coefficient (Wildman–Crippen LogP) is 2.17. The van der Waals surface area contributed by atoms with Gasteiger partial charge in [0.2, 0.25) is 0 Å². The Hall–Kier alpha value is -1.78. The van der Waals surface area contributed by atoms with E-state index in [4.69, 9.17) is 10.5 Å². The van der Waals surface area contributed by atoms with Crippen LogP contribution in [-0.2, 0) is 4.74 Å². The first kappa shape index (κ1) is 13.2. The van der Waals surface area contributed by atoms with E-state index >= 15 is 0 Å². The number of ether oxygens (including phenoxy) is 1. The lowest BCUT2D eigenvalue weighted by Gasteiger charge is -2.26. The van der Waals surface area contributed by atoms with Crippen LogP contribution in [0.25, 0.3) is 10.8 Å². The maximum Gasteiger partial charge on any atom is 0.0653 e. The molecule has 2 aromatic carbocycles. The number of benzene rings is 2. The van der Waals surface area contributed by atoms with Crippen molar-refractivity contribution in [2.45, 2.75) is 0 Å². The molecule has 1 saturated heterocycles. The highest BCUT2D eigenvalue weighted by atomic mass is 16.5. The fourth-order valence-corrected chi connectivity index (χ4v) is 2.65. The Morgan fingerprint density at radius 3 is 2.75 bits per heavy atom. The van der Waals surface area contributed by atoms with Crippen LogP contribution in [0.4, 0.5) is 11.4 Å². The summed E-state index contributed by atoms with van der Waals surface area (Å²) in [6.07, 6.45) is 0. The maximum atomic E-state index is 6.11. The van der Waals surface area contributed by atoms with Gasteiger partial charge in [-0.1, -0.05) is 30.3 Å². The van der Waals surface area contributed by atoms with E-state index in [-0.39, 0.29) is 0 Å². The molecule has 1 fully saturated rings. The summed E-state index contributed by atoms with van der Waals surface area (Å²) >= 11 is 0. The fraction of sp³-hybridized carbons (Fsp3) is 0.375. The van der Waals surface area contributed by atoms with Crippen molar-refractivity contribution in [1.29, 1.82) is 0 Å². The summed E-state index contributed by atoms with van der Waals surface area (Å²) in [5, 5.41) is 5.90. The molecule has 0 unspecified atom stereocenters. The molecule has 0 amide bonds. The molecule has 0 spiro atoms. The van der Waals surface area contributed by atoms with Crippen LogP contribution in [-0.4, -0.2) is 44.3 Å². The van der Waals surface area contributed by atoms with Crippen molar-refractivity contribution in [1.82, 2.24) is 4.90 Å². The number of nitrogens with zero attached hydrogens (tertiary/aromatic N) is 1. The Morgan fingerprint density at radius 2 is 1.90 bits per heavy atom. The molecule has 0 aromatic heterocycles. The van der Waals surface area contributed by atoms with Crippen LogP contribution in [0.5, 0.6) is 0 Å². The van der Waals surface area contributed by atoms with E-state index in [1.54, 1.807) is 0 Å². The lowest BCUT2D eigenvalue weighted by Crippen LogP contribution is -2.39. The van der Waals surface area contributed by atoms with Crippen molar-refractivity contribution in [2.75, 3.05) is 50.4 Å². The van der Waals surface area contributed by atoms with Crippen molar-refractivity contribution in [3.05, 3.63) is 36.4 Å². The van der Waals surface area contributed by atoms with Crippen molar-refractivity contribution >= 4 is 22.1 Å². The molecule has 4 heteroatoms. The second kappa shape index (κ2) is 6.11. The van der Waals surface area contributed by atoms with Crippen LogP contribution in [0.3, 0.4) is 0 Å². The standard InChI is InChI=1S/C16H21N3O/c17-15-6-5-13-3-1-2-4-14(13)16(15)18-7-8-19-9-11-20-12-10-19/h1-6,18H,7-12,17H2. The van der Waals surface area contributed by atoms with Gasteiger partial charge in [0.15, 0.2) is 0 Å². The van der Waals surface area contributed by atoms with Gasteiger partial charge in [-0.25, -0.2) is 0 Å². The van der Waals surface area contributed by atoms with Crippen molar-refractivity contribution in [2.24, 2.45) is 0 Å². The molecular weight excluding hydrogens is 250 g/mol. The average Bonchev–Trinajstić information content (AvgIpc) is 2.50. The van der Waals surface area contributed by atoms with Gasteiger partial charge in [0, 0.05) is 31.6 Å². The van der Waals surface area contributed by atoms with Gasteiger partial charge in [0.05, 0.1) is 24.6 Å². The summed E-state index contributed by atoms with van der Waals surface area (Å²) in [6, 6.07) is 12.4. The molecule has 20 heavy (non-hydrogen) atoms. The Balaban J connectivity index is 1.68. The molecule has 0 bridgehead atoms. The summed E-state index contributed by atoms with van der Waals surface area (Å²) in [5.74, 6) is 0. The van der Waals surface area contributed by atoms with E-state index in [1.165, 1.54) is 10.8 Å². The monoisotopic (exact) mass is 271 g/mol. The Kier molecular flexibility index (Phi) is 4.04. The third kappa shape index (κ3) is 2.86. The average molecular weight is 271 g/mol. The van der Waals surface area contributed by atoms with E-state index in [1.807, 2.05) is 6.07 Å². The number of nitrogens with one attached hydrogen (secondary N) is 1. The van der Waals surface area contributed by atoms with Gasteiger partial charge in [-0.05, 0) is 11.5 Å². The third-order valence-electron chi connectivity index (χ3n) is 3.79. The van der Waals surface area contributed by atoms with E-state index in [0.717, 1.165) is 50.8 Å². The molecule has 0 radical (unpaired) electrons. The van der Waals surface area contributed by atoms with Gasteiger partial charge in [-0.3, -0.25) is 4.90 Å². The van der Waals surface area contributed by atoms with Crippen LogP contribution >= 0.6 is 0 Å². The fourth-order valence-electron chi connectivity index (χ4n) is 2.65. The Bertz CT molecular complexity index is 579. The second-order valence-electron chi connectivity index (χ2n) is 5.13. The van der Waals surface area contributed by atoms with Crippen LogP contribution in [0.2, 0.25) is 0 Å². The number of fused-ring (bicyclic) bond motifs is 1. The Labute approximate surface area is 119 Å². The van der Waals surface area contributed by atoms with E-state index in [0.29, 0.717) is 0 Å². The smallest absolute Gasteiger partial charge is 0.0653 e. The molecule has 3 rings (SSSR count). The molecule has 0 atom stereocenters. The van der Waals surface area contributed by atoms with E-state index in [9.17, 15) is 0 Å². The van der Waals surface area contributed by atoms with Gasteiger partial charge in [0.1, 0.15) is 0 Å². The van der Waals surface area contributed by atoms with E-state index in [2.05, 4.69) is 40.5 Å². The number of morpholine rings is 1. The number of hydrogen-bond acceptors (Lipinski definition) is 4. The molecule has 106 valence electrons. The minimum absolute atomic E-state index is 0.811. The molecule has 0 saturated carbocycles. The largest absolute Gasteiger partial charge is 0.397 e. The second-order valence-corrected chi connectivity index (χ2v) is 5.13. The quantitative estimate of drug-likeness (QED) is 0.837. The van der Waals surface area contributed by atoms with Crippen LogP contribution < -0.4 is 11.1 Å². The summed E-state index contributed by atoms with van der Waals surface area (Å²) in [7, 11) is 0. The number of nitrogens with two attached hydrogens (primary N) is 1. The molecule has 1 aliphatic rings. The van der Waals surface area contributed by atoms with Crippen LogP contribution in [0.1, 0.15) is 0 Å². The van der Waals surface area contributed by atoms with Crippen LogP contribution in [0, 0.1) is 0 Å². The summed E-state index contributed by atoms with van der Waals surface area (Å²) in [5.41, 5.74) is 7.97. The molecule has 1 aliphatic heterocycles. The maximum absolute atomic E-state index is 6.11. The molecular formula is C16H21N3O. The topological polar surface area (TPSA) is 50.5 Å². The van der Waals surface area contributed by atoms with Gasteiger partial charge in [-0.15, -0.1) is 0 Å². The molecule has 2 aromatic rings. The zero-order valence-electron chi connectivity index (χ0n) is 11.6. The van der Waals surface area contributed by atoms with Gasteiger partial charge < -0.3 is 15.8 Å². The number of anilines is 2. The zero-order chi connectivity index (χ0) is 13.8. The van der Waals surface area contributed by atoms with E-state index < -0.39 is 0 Å². The first-order valence-corrected chi connectivity index (χ1v) is 7.16. The summed E-state index contributed by atoms with van der Waals surface area (Å²) in [6.45, 7) is 5.65. The minimum atomic E-state index is 0.811. The third-order valence-corrected chi connectivity index (χ3v) is 3.79. The highest BCUT2D eigenvalue weighted by Gasteiger charge is 2.10. The number of hydrogen-bond donors (Lipinski definition) is 2. The van der Waals surface area contributed by atoms with Gasteiger partial charge in [-0.2, -0.15) is 0 Å². The minimum Gasteiger partial charge on any atom is -0.397 e. The number of nitrogen functional groups attached to an aromatic ring is 1. The Morgan fingerprint density at radius 1 is 1.10 bits per heavy atom. The summed E-state index contributed by atoms with van der Waals surface area (Å²) < 4.78 is 5.36. The molecule has 3 N–H and O–H groups in total.